The molecular weight excluding hydrogens is 370 g/mol. The summed E-state index contributed by atoms with van der Waals surface area (Å²) in [5, 5.41) is 2.84. The predicted molar refractivity (Wildman–Crippen MR) is 111 cm³/mol. The zero-order chi connectivity index (χ0) is 20.8. The van der Waals surface area contributed by atoms with Crippen molar-refractivity contribution in [1.29, 1.82) is 0 Å². The smallest absolute Gasteiger partial charge is 0.328 e. The van der Waals surface area contributed by atoms with E-state index in [0.717, 1.165) is 51.5 Å². The molecule has 1 amide bonds. The lowest BCUT2D eigenvalue weighted by Gasteiger charge is -2.34. The lowest BCUT2D eigenvalue weighted by atomic mass is 10.0. The van der Waals surface area contributed by atoms with Gasteiger partial charge in [0.2, 0.25) is 5.91 Å². The molecule has 3 rings (SSSR count). The molecule has 1 fully saturated rings. The van der Waals surface area contributed by atoms with Crippen LogP contribution in [0.1, 0.15) is 31.4 Å². The third-order valence-electron chi connectivity index (χ3n) is 5.52. The molecule has 7 heteroatoms. The Hall–Kier alpha value is -2.12. The summed E-state index contributed by atoms with van der Waals surface area (Å²) in [5.41, 5.74) is 2.62. The first-order valence-electron chi connectivity index (χ1n) is 10.5. The molecule has 0 bridgehead atoms. The molecule has 0 saturated carbocycles. The van der Waals surface area contributed by atoms with E-state index < -0.39 is 6.04 Å². The molecule has 2 heterocycles. The number of carbonyl (C=O) groups excluding carboxylic acids is 2. The minimum Gasteiger partial charge on any atom is -0.493 e. The average Bonchev–Trinajstić information content (AvgIpc) is 3.16. The van der Waals surface area contributed by atoms with E-state index in [1.807, 2.05) is 13.8 Å². The van der Waals surface area contributed by atoms with Gasteiger partial charge in [0.25, 0.3) is 0 Å². The zero-order valence-electron chi connectivity index (χ0n) is 17.8. The molecule has 1 atom stereocenters. The van der Waals surface area contributed by atoms with Gasteiger partial charge in [-0.3, -0.25) is 14.6 Å². The van der Waals surface area contributed by atoms with Crippen molar-refractivity contribution in [3.05, 3.63) is 29.3 Å². The van der Waals surface area contributed by atoms with Gasteiger partial charge in [0.15, 0.2) is 0 Å². The van der Waals surface area contributed by atoms with Crippen molar-refractivity contribution in [3.8, 4) is 5.75 Å². The summed E-state index contributed by atoms with van der Waals surface area (Å²) >= 11 is 0. The number of hydrogen-bond donors (Lipinski definition) is 1. The SMILES string of the molecule is COC(=O)[C@H](CC(C)C)NC(=O)CN1CCN(Cc2ccc3c(c2)CCO3)CC1. The van der Waals surface area contributed by atoms with Crippen molar-refractivity contribution < 1.29 is 19.1 Å². The number of nitrogens with one attached hydrogen (secondary N) is 1. The molecule has 0 aliphatic carbocycles. The van der Waals surface area contributed by atoms with Gasteiger partial charge in [-0.15, -0.1) is 0 Å². The number of carbonyl (C=O) groups is 2. The average molecular weight is 404 g/mol. The molecule has 0 spiro atoms. The molecule has 1 N–H and O–H groups in total. The number of hydrogen-bond acceptors (Lipinski definition) is 6. The maximum Gasteiger partial charge on any atom is 0.328 e. The van der Waals surface area contributed by atoms with Crippen LogP contribution in [0.15, 0.2) is 18.2 Å². The summed E-state index contributed by atoms with van der Waals surface area (Å²) in [6.07, 6.45) is 1.58. The van der Waals surface area contributed by atoms with Crippen LogP contribution in [0.3, 0.4) is 0 Å². The number of rotatable bonds is 8. The van der Waals surface area contributed by atoms with E-state index in [9.17, 15) is 9.59 Å². The summed E-state index contributed by atoms with van der Waals surface area (Å²) in [6.45, 7) is 9.60. The first-order valence-corrected chi connectivity index (χ1v) is 10.5. The maximum atomic E-state index is 12.4. The number of ether oxygens (including phenoxy) is 2. The van der Waals surface area contributed by atoms with E-state index >= 15 is 0 Å². The van der Waals surface area contributed by atoms with Gasteiger partial charge in [-0.1, -0.05) is 26.0 Å². The van der Waals surface area contributed by atoms with Crippen LogP contribution in [-0.4, -0.2) is 74.2 Å². The summed E-state index contributed by atoms with van der Waals surface area (Å²) in [4.78, 5) is 28.9. The predicted octanol–water partition coefficient (Wildman–Crippen LogP) is 1.44. The third kappa shape index (κ3) is 6.18. The van der Waals surface area contributed by atoms with Gasteiger partial charge < -0.3 is 14.8 Å². The largest absolute Gasteiger partial charge is 0.493 e. The first-order chi connectivity index (χ1) is 13.9. The van der Waals surface area contributed by atoms with Gasteiger partial charge in [-0.2, -0.15) is 0 Å². The number of fused-ring (bicyclic) bond motifs is 1. The van der Waals surface area contributed by atoms with Crippen LogP contribution in [-0.2, 0) is 27.3 Å². The van der Waals surface area contributed by atoms with Crippen LogP contribution in [0.25, 0.3) is 0 Å². The second kappa shape index (κ2) is 10.1. The van der Waals surface area contributed by atoms with E-state index in [2.05, 4.69) is 33.3 Å². The quantitative estimate of drug-likeness (QED) is 0.663. The highest BCUT2D eigenvalue weighted by molar-refractivity contribution is 5.85. The highest BCUT2D eigenvalue weighted by atomic mass is 16.5. The fraction of sp³-hybridized carbons (Fsp3) is 0.636. The van der Waals surface area contributed by atoms with Gasteiger partial charge in [-0.25, -0.2) is 4.79 Å². The maximum absolute atomic E-state index is 12.4. The third-order valence-corrected chi connectivity index (χ3v) is 5.52. The number of benzene rings is 1. The molecule has 2 aliphatic heterocycles. The van der Waals surface area contributed by atoms with E-state index in [1.165, 1.54) is 18.2 Å². The number of amides is 1. The van der Waals surface area contributed by atoms with Gasteiger partial charge in [0, 0.05) is 39.1 Å². The highest BCUT2D eigenvalue weighted by Crippen LogP contribution is 2.26. The summed E-state index contributed by atoms with van der Waals surface area (Å²) < 4.78 is 10.4. The number of piperazine rings is 1. The Labute approximate surface area is 173 Å². The summed E-state index contributed by atoms with van der Waals surface area (Å²) in [6, 6.07) is 5.90. The Bertz CT molecular complexity index is 714. The molecule has 29 heavy (non-hydrogen) atoms. The molecule has 1 aromatic carbocycles. The van der Waals surface area contributed by atoms with Crippen LogP contribution >= 0.6 is 0 Å². The minimum absolute atomic E-state index is 0.117. The van der Waals surface area contributed by atoms with Crippen molar-refractivity contribution in [2.24, 2.45) is 5.92 Å². The fourth-order valence-corrected chi connectivity index (χ4v) is 3.97. The van der Waals surface area contributed by atoms with E-state index in [4.69, 9.17) is 9.47 Å². The normalized spacial score (nSPS) is 18.2. The lowest BCUT2D eigenvalue weighted by molar-refractivity contribution is -0.145. The topological polar surface area (TPSA) is 71.1 Å². The number of esters is 1. The van der Waals surface area contributed by atoms with Crippen LogP contribution in [0.2, 0.25) is 0 Å². The van der Waals surface area contributed by atoms with E-state index in [-0.39, 0.29) is 11.9 Å². The molecular formula is C22H33N3O4. The van der Waals surface area contributed by atoms with Crippen LogP contribution in [0.5, 0.6) is 5.75 Å². The van der Waals surface area contributed by atoms with Crippen molar-refractivity contribution in [2.75, 3.05) is 46.4 Å². The Morgan fingerprint density at radius 2 is 1.90 bits per heavy atom. The van der Waals surface area contributed by atoms with Crippen molar-refractivity contribution >= 4 is 11.9 Å². The molecule has 160 valence electrons. The zero-order valence-corrected chi connectivity index (χ0v) is 17.8. The molecule has 2 aliphatic rings. The fourth-order valence-electron chi connectivity index (χ4n) is 3.97. The highest BCUT2D eigenvalue weighted by Gasteiger charge is 2.25. The van der Waals surface area contributed by atoms with Crippen molar-refractivity contribution in [2.45, 2.75) is 39.3 Å². The second-order valence-electron chi connectivity index (χ2n) is 8.37. The standard InChI is InChI=1S/C22H33N3O4/c1-16(2)12-19(22(27)28-3)23-21(26)15-25-9-7-24(8-10-25)14-17-4-5-20-18(13-17)6-11-29-20/h4-5,13,16,19H,6-12,14-15H2,1-3H3,(H,23,26)/t19-/m0/s1. The number of methoxy groups -OCH3 is 1. The number of nitrogens with zero attached hydrogens (tertiary/aromatic N) is 2. The van der Waals surface area contributed by atoms with Crippen LogP contribution in [0.4, 0.5) is 0 Å². The van der Waals surface area contributed by atoms with Crippen molar-refractivity contribution in [3.63, 3.8) is 0 Å². The molecule has 7 nitrogen and oxygen atoms in total. The Morgan fingerprint density at radius 1 is 1.17 bits per heavy atom. The van der Waals surface area contributed by atoms with Crippen molar-refractivity contribution in [1.82, 2.24) is 15.1 Å². The minimum atomic E-state index is -0.572. The monoisotopic (exact) mass is 403 g/mol. The van der Waals surface area contributed by atoms with Crippen LogP contribution in [0, 0.1) is 5.92 Å². The molecule has 1 saturated heterocycles. The summed E-state index contributed by atoms with van der Waals surface area (Å²) in [7, 11) is 1.36. The van der Waals surface area contributed by atoms with Gasteiger partial charge in [0.1, 0.15) is 11.8 Å². The van der Waals surface area contributed by atoms with E-state index in [0.29, 0.717) is 18.9 Å². The summed E-state index contributed by atoms with van der Waals surface area (Å²) in [5.74, 6) is 0.825. The second-order valence-corrected chi connectivity index (χ2v) is 8.37. The Morgan fingerprint density at radius 3 is 2.59 bits per heavy atom. The van der Waals surface area contributed by atoms with Gasteiger partial charge in [0.05, 0.1) is 20.3 Å². The Kier molecular flexibility index (Phi) is 7.50. The van der Waals surface area contributed by atoms with Gasteiger partial charge >= 0.3 is 5.97 Å². The molecule has 0 aromatic heterocycles. The van der Waals surface area contributed by atoms with E-state index in [1.54, 1.807) is 0 Å². The van der Waals surface area contributed by atoms with Crippen LogP contribution < -0.4 is 10.1 Å². The molecule has 0 unspecified atom stereocenters. The van der Waals surface area contributed by atoms with Gasteiger partial charge in [-0.05, 0) is 29.5 Å². The first kappa shape index (κ1) is 21.6. The lowest BCUT2D eigenvalue weighted by Crippen LogP contribution is -2.51. The molecule has 0 radical (unpaired) electrons. The Balaban J connectivity index is 1.43. The molecule has 1 aromatic rings.